The number of methoxy groups -OCH3 is 1. The summed E-state index contributed by atoms with van der Waals surface area (Å²) in [4.78, 5) is 12.1. The molecule has 0 amide bonds. The van der Waals surface area contributed by atoms with Crippen LogP contribution in [0.3, 0.4) is 0 Å². The molecular formula is C7H16NO2+. The standard InChI is InChI=1S/C7H15NO2/c1-6(5-8(2)3)7(9)10-4/h6H,5H2,1-4H3/p+1/t6-/m0/s1. The third-order valence-corrected chi connectivity index (χ3v) is 1.32. The highest BCUT2D eigenvalue weighted by Crippen LogP contribution is 1.91. The molecule has 0 bridgehead atoms. The van der Waals surface area contributed by atoms with Crippen molar-refractivity contribution in [2.75, 3.05) is 27.7 Å². The number of rotatable bonds is 3. The minimum absolute atomic E-state index is 0.00926. The van der Waals surface area contributed by atoms with Crippen molar-refractivity contribution in [2.24, 2.45) is 5.92 Å². The summed E-state index contributed by atoms with van der Waals surface area (Å²) < 4.78 is 4.56. The van der Waals surface area contributed by atoms with Gasteiger partial charge in [0.05, 0.1) is 27.7 Å². The quantitative estimate of drug-likeness (QED) is 0.514. The van der Waals surface area contributed by atoms with Crippen LogP contribution in [0.15, 0.2) is 0 Å². The SMILES string of the molecule is COC(=O)[C@@H](C)C[NH+](C)C. The van der Waals surface area contributed by atoms with Crippen molar-refractivity contribution in [1.82, 2.24) is 0 Å². The minimum Gasteiger partial charge on any atom is -0.469 e. The number of nitrogens with one attached hydrogen (secondary N) is 1. The summed E-state index contributed by atoms with van der Waals surface area (Å²) in [5, 5.41) is 0. The predicted octanol–water partition coefficient (Wildman–Crippen LogP) is -1.06. The van der Waals surface area contributed by atoms with Crippen LogP contribution in [0.25, 0.3) is 0 Å². The third kappa shape index (κ3) is 3.45. The third-order valence-electron chi connectivity index (χ3n) is 1.32. The molecule has 0 aromatic rings. The van der Waals surface area contributed by atoms with Crippen molar-refractivity contribution in [2.45, 2.75) is 6.92 Å². The van der Waals surface area contributed by atoms with Crippen molar-refractivity contribution in [3.05, 3.63) is 0 Å². The Morgan fingerprint density at radius 2 is 2.10 bits per heavy atom. The maximum Gasteiger partial charge on any atom is 0.314 e. The second kappa shape index (κ2) is 4.28. The summed E-state index contributed by atoms with van der Waals surface area (Å²) in [7, 11) is 5.45. The Balaban J connectivity index is 3.61. The number of quaternary nitrogens is 1. The van der Waals surface area contributed by atoms with Crippen LogP contribution in [-0.4, -0.2) is 33.7 Å². The summed E-state index contributed by atoms with van der Waals surface area (Å²) in [5.74, 6) is -0.115. The van der Waals surface area contributed by atoms with E-state index in [1.807, 2.05) is 21.0 Å². The zero-order chi connectivity index (χ0) is 8.15. The summed E-state index contributed by atoms with van der Waals surface area (Å²) in [6.07, 6.45) is 0. The smallest absolute Gasteiger partial charge is 0.314 e. The zero-order valence-electron chi connectivity index (χ0n) is 7.10. The molecule has 0 aromatic heterocycles. The van der Waals surface area contributed by atoms with Crippen molar-refractivity contribution in [1.29, 1.82) is 0 Å². The van der Waals surface area contributed by atoms with Crippen LogP contribution in [0.2, 0.25) is 0 Å². The molecule has 10 heavy (non-hydrogen) atoms. The molecule has 60 valence electrons. The second-order valence-electron chi connectivity index (χ2n) is 2.84. The summed E-state index contributed by atoms with van der Waals surface area (Å²) >= 11 is 0. The van der Waals surface area contributed by atoms with E-state index in [4.69, 9.17) is 0 Å². The molecule has 0 aliphatic heterocycles. The van der Waals surface area contributed by atoms with Gasteiger partial charge in [0.1, 0.15) is 5.92 Å². The van der Waals surface area contributed by atoms with Gasteiger partial charge >= 0.3 is 5.97 Å². The molecule has 0 rings (SSSR count). The van der Waals surface area contributed by atoms with Gasteiger partial charge in [-0.25, -0.2) is 0 Å². The Bertz CT molecular complexity index is 112. The molecule has 1 atom stereocenters. The van der Waals surface area contributed by atoms with Gasteiger partial charge in [-0.05, 0) is 6.92 Å². The first kappa shape index (κ1) is 9.43. The molecule has 0 radical (unpaired) electrons. The lowest BCUT2D eigenvalue weighted by atomic mass is 10.2. The number of ether oxygens (including phenoxy) is 1. The van der Waals surface area contributed by atoms with E-state index in [1.54, 1.807) is 0 Å². The van der Waals surface area contributed by atoms with E-state index < -0.39 is 0 Å². The first-order valence-corrected chi connectivity index (χ1v) is 3.44. The largest absolute Gasteiger partial charge is 0.469 e. The van der Waals surface area contributed by atoms with E-state index in [1.165, 1.54) is 12.0 Å². The van der Waals surface area contributed by atoms with Crippen LogP contribution in [0.5, 0.6) is 0 Å². The van der Waals surface area contributed by atoms with Crippen molar-refractivity contribution in [3.63, 3.8) is 0 Å². The van der Waals surface area contributed by atoms with Crippen LogP contribution in [0, 0.1) is 5.92 Å². The van der Waals surface area contributed by atoms with Crippen LogP contribution in [0.4, 0.5) is 0 Å². The summed E-state index contributed by atoms with van der Waals surface area (Å²) in [5.41, 5.74) is 0. The maximum absolute atomic E-state index is 10.8. The monoisotopic (exact) mass is 146 g/mol. The Labute approximate surface area is 62.0 Å². The van der Waals surface area contributed by atoms with Gasteiger partial charge in [0.2, 0.25) is 0 Å². The van der Waals surface area contributed by atoms with E-state index >= 15 is 0 Å². The molecule has 0 aromatic carbocycles. The topological polar surface area (TPSA) is 30.7 Å². The number of carbonyl (C=O) groups excluding carboxylic acids is 1. The van der Waals surface area contributed by atoms with E-state index in [0.29, 0.717) is 0 Å². The van der Waals surface area contributed by atoms with Crippen LogP contribution < -0.4 is 4.90 Å². The molecule has 0 unspecified atom stereocenters. The average Bonchev–Trinajstić information content (AvgIpc) is 1.85. The van der Waals surface area contributed by atoms with Gasteiger partial charge in [0.15, 0.2) is 0 Å². The molecule has 3 heteroatoms. The lowest BCUT2D eigenvalue weighted by Crippen LogP contribution is -3.06. The molecule has 0 saturated heterocycles. The number of hydrogen-bond donors (Lipinski definition) is 1. The van der Waals surface area contributed by atoms with Gasteiger partial charge in [-0.3, -0.25) is 4.79 Å². The Morgan fingerprint density at radius 1 is 1.60 bits per heavy atom. The highest BCUT2D eigenvalue weighted by molar-refractivity contribution is 5.71. The van der Waals surface area contributed by atoms with Crippen LogP contribution in [-0.2, 0) is 9.53 Å². The normalized spacial score (nSPS) is 13.3. The zero-order valence-corrected chi connectivity index (χ0v) is 7.10. The Morgan fingerprint density at radius 3 is 2.40 bits per heavy atom. The highest BCUT2D eigenvalue weighted by Gasteiger charge is 2.15. The molecular weight excluding hydrogens is 130 g/mol. The van der Waals surface area contributed by atoms with Crippen molar-refractivity contribution in [3.8, 4) is 0 Å². The van der Waals surface area contributed by atoms with Gasteiger partial charge < -0.3 is 9.64 Å². The lowest BCUT2D eigenvalue weighted by molar-refractivity contribution is -0.860. The molecule has 0 heterocycles. The molecule has 0 fully saturated rings. The summed E-state index contributed by atoms with van der Waals surface area (Å²) in [6.45, 7) is 2.70. The fourth-order valence-electron chi connectivity index (χ4n) is 0.897. The van der Waals surface area contributed by atoms with E-state index in [0.717, 1.165) is 6.54 Å². The number of carbonyl (C=O) groups is 1. The van der Waals surface area contributed by atoms with E-state index in [-0.39, 0.29) is 11.9 Å². The average molecular weight is 146 g/mol. The van der Waals surface area contributed by atoms with Gasteiger partial charge in [0.25, 0.3) is 0 Å². The molecule has 1 N–H and O–H groups in total. The van der Waals surface area contributed by atoms with Gasteiger partial charge in [-0.15, -0.1) is 0 Å². The molecule has 3 nitrogen and oxygen atoms in total. The second-order valence-corrected chi connectivity index (χ2v) is 2.84. The minimum atomic E-state index is -0.124. The Hall–Kier alpha value is -0.570. The lowest BCUT2D eigenvalue weighted by Gasteiger charge is -2.11. The molecule has 0 spiro atoms. The molecule has 0 aliphatic carbocycles. The van der Waals surface area contributed by atoms with Gasteiger partial charge in [-0.2, -0.15) is 0 Å². The fraction of sp³-hybridized carbons (Fsp3) is 0.857. The summed E-state index contributed by atoms with van der Waals surface area (Å²) in [6, 6.07) is 0. The molecule has 0 saturated carbocycles. The first-order chi connectivity index (χ1) is 4.57. The van der Waals surface area contributed by atoms with Crippen LogP contribution >= 0.6 is 0 Å². The van der Waals surface area contributed by atoms with Gasteiger partial charge in [-0.1, -0.05) is 0 Å². The maximum atomic E-state index is 10.8. The van der Waals surface area contributed by atoms with E-state index in [9.17, 15) is 4.79 Å². The van der Waals surface area contributed by atoms with Gasteiger partial charge in [0, 0.05) is 0 Å². The van der Waals surface area contributed by atoms with Crippen molar-refractivity contribution >= 4 is 5.97 Å². The fourth-order valence-corrected chi connectivity index (χ4v) is 0.897. The number of hydrogen-bond acceptors (Lipinski definition) is 2. The van der Waals surface area contributed by atoms with Crippen molar-refractivity contribution < 1.29 is 14.4 Å². The first-order valence-electron chi connectivity index (χ1n) is 3.44. The van der Waals surface area contributed by atoms with E-state index in [2.05, 4.69) is 4.74 Å². The Kier molecular flexibility index (Phi) is 4.03. The predicted molar refractivity (Wildman–Crippen MR) is 38.9 cm³/mol. The highest BCUT2D eigenvalue weighted by atomic mass is 16.5. The molecule has 0 aliphatic rings. The van der Waals surface area contributed by atoms with Crippen LogP contribution in [0.1, 0.15) is 6.92 Å². The number of esters is 1.